The Morgan fingerprint density at radius 3 is 2.51 bits per heavy atom. The summed E-state index contributed by atoms with van der Waals surface area (Å²) in [5.74, 6) is 1.56. The van der Waals surface area contributed by atoms with Crippen LogP contribution in [0.4, 0.5) is 17.5 Å². The Kier molecular flexibility index (Phi) is 7.09. The van der Waals surface area contributed by atoms with Crippen molar-refractivity contribution in [3.63, 3.8) is 0 Å². The minimum atomic E-state index is -0.837. The summed E-state index contributed by atoms with van der Waals surface area (Å²) < 4.78 is 17.1. The van der Waals surface area contributed by atoms with Gasteiger partial charge in [-0.25, -0.2) is 15.0 Å². The molecule has 0 bridgehead atoms. The molecule has 0 aliphatic carbocycles. The van der Waals surface area contributed by atoms with Gasteiger partial charge in [0.25, 0.3) is 5.56 Å². The first-order chi connectivity index (χ1) is 16.9. The molecule has 0 amide bonds. The number of aliphatic hydroxyl groups is 1. The number of nitrogen functional groups attached to an aromatic ring is 1. The lowest BCUT2D eigenvalue weighted by Gasteiger charge is -2.16. The third kappa shape index (κ3) is 5.15. The van der Waals surface area contributed by atoms with Crippen molar-refractivity contribution in [3.05, 3.63) is 59.3 Å². The summed E-state index contributed by atoms with van der Waals surface area (Å²) in [6.45, 7) is 0.182. The topological polar surface area (TPSA) is 147 Å². The van der Waals surface area contributed by atoms with E-state index >= 15 is 0 Å². The minimum Gasteiger partial charge on any atom is -0.493 e. The lowest BCUT2D eigenvalue weighted by Crippen LogP contribution is -2.29. The van der Waals surface area contributed by atoms with E-state index < -0.39 is 6.10 Å². The van der Waals surface area contributed by atoms with E-state index in [9.17, 15) is 9.90 Å². The first-order valence-electron chi connectivity index (χ1n) is 10.7. The van der Waals surface area contributed by atoms with Crippen LogP contribution >= 0.6 is 0 Å². The predicted octanol–water partition coefficient (Wildman–Crippen LogP) is 2.20. The fourth-order valence-electron chi connectivity index (χ4n) is 3.68. The first-order valence-corrected chi connectivity index (χ1v) is 10.7. The summed E-state index contributed by atoms with van der Waals surface area (Å²) in [5.41, 5.74) is 7.14. The van der Waals surface area contributed by atoms with Crippen LogP contribution in [-0.4, -0.2) is 58.7 Å². The SMILES string of the molecule is COCC(O)Cn1ccc2cc(-c3cnc(N)nc3)nc(Nc3ccc(OC)c(OC)c3)c2c1=O. The molecule has 0 radical (unpaired) electrons. The molecule has 4 rings (SSSR count). The van der Waals surface area contributed by atoms with Gasteiger partial charge in [0.15, 0.2) is 11.5 Å². The van der Waals surface area contributed by atoms with Gasteiger partial charge in [0, 0.05) is 43.0 Å². The van der Waals surface area contributed by atoms with Crippen LogP contribution in [0.2, 0.25) is 0 Å². The molecule has 0 saturated carbocycles. The van der Waals surface area contributed by atoms with Gasteiger partial charge in [-0.3, -0.25) is 4.79 Å². The van der Waals surface area contributed by atoms with Crippen LogP contribution in [0.15, 0.2) is 53.7 Å². The molecule has 0 spiro atoms. The molecule has 4 N–H and O–H groups in total. The number of fused-ring (bicyclic) bond motifs is 1. The zero-order valence-corrected chi connectivity index (χ0v) is 19.6. The minimum absolute atomic E-state index is 0.0754. The Labute approximate surface area is 201 Å². The van der Waals surface area contributed by atoms with Crippen molar-refractivity contribution < 1.29 is 19.3 Å². The number of nitrogens with one attached hydrogen (secondary N) is 1. The number of hydrogen-bond acceptors (Lipinski definition) is 10. The number of ether oxygens (including phenoxy) is 3. The van der Waals surface area contributed by atoms with Crippen molar-refractivity contribution in [3.8, 4) is 22.8 Å². The number of nitrogens with zero attached hydrogens (tertiary/aromatic N) is 4. The van der Waals surface area contributed by atoms with Gasteiger partial charge >= 0.3 is 0 Å². The molecular weight excluding hydrogens is 452 g/mol. The van der Waals surface area contributed by atoms with Crippen molar-refractivity contribution >= 4 is 28.2 Å². The fourth-order valence-corrected chi connectivity index (χ4v) is 3.68. The van der Waals surface area contributed by atoms with E-state index in [1.54, 1.807) is 63.1 Å². The smallest absolute Gasteiger partial charge is 0.262 e. The highest BCUT2D eigenvalue weighted by atomic mass is 16.5. The number of nitrogens with two attached hydrogens (primary N) is 1. The van der Waals surface area contributed by atoms with Crippen LogP contribution in [0.3, 0.4) is 0 Å². The average molecular weight is 479 g/mol. The molecule has 1 aromatic carbocycles. The van der Waals surface area contributed by atoms with E-state index in [1.165, 1.54) is 11.7 Å². The molecule has 11 heteroatoms. The van der Waals surface area contributed by atoms with Crippen molar-refractivity contribution in [2.24, 2.45) is 0 Å². The number of aliphatic hydroxyl groups excluding tert-OH is 1. The highest BCUT2D eigenvalue weighted by molar-refractivity contribution is 5.95. The maximum atomic E-state index is 13.4. The van der Waals surface area contributed by atoms with Gasteiger partial charge < -0.3 is 34.9 Å². The maximum absolute atomic E-state index is 13.4. The summed E-state index contributed by atoms with van der Waals surface area (Å²) in [4.78, 5) is 26.2. The monoisotopic (exact) mass is 478 g/mol. The van der Waals surface area contributed by atoms with Gasteiger partial charge in [0.1, 0.15) is 5.82 Å². The normalized spacial score (nSPS) is 11.9. The van der Waals surface area contributed by atoms with Crippen LogP contribution in [-0.2, 0) is 11.3 Å². The van der Waals surface area contributed by atoms with Crippen molar-refractivity contribution in [2.75, 3.05) is 39.0 Å². The summed E-state index contributed by atoms with van der Waals surface area (Å²) >= 11 is 0. The molecule has 3 aromatic heterocycles. The van der Waals surface area contributed by atoms with Crippen molar-refractivity contribution in [2.45, 2.75) is 12.6 Å². The van der Waals surface area contributed by atoms with Crippen LogP contribution in [0, 0.1) is 0 Å². The van der Waals surface area contributed by atoms with Crippen molar-refractivity contribution in [1.82, 2.24) is 19.5 Å². The average Bonchev–Trinajstić information content (AvgIpc) is 2.86. The quantitative estimate of drug-likeness (QED) is 0.327. The lowest BCUT2D eigenvalue weighted by molar-refractivity contribution is 0.0531. The number of benzene rings is 1. The Balaban J connectivity index is 1.86. The largest absolute Gasteiger partial charge is 0.493 e. The fraction of sp³-hybridized carbons (Fsp3) is 0.250. The number of anilines is 3. The third-order valence-electron chi connectivity index (χ3n) is 5.34. The zero-order valence-electron chi connectivity index (χ0n) is 19.6. The molecule has 0 aliphatic heterocycles. The zero-order chi connectivity index (χ0) is 24.9. The Morgan fingerprint density at radius 1 is 1.09 bits per heavy atom. The summed E-state index contributed by atoms with van der Waals surface area (Å²) in [6, 6.07) is 8.86. The lowest BCUT2D eigenvalue weighted by atomic mass is 10.1. The molecule has 35 heavy (non-hydrogen) atoms. The predicted molar refractivity (Wildman–Crippen MR) is 132 cm³/mol. The number of methoxy groups -OCH3 is 3. The number of rotatable bonds is 9. The molecular formula is C24H26N6O5. The highest BCUT2D eigenvalue weighted by Gasteiger charge is 2.16. The number of pyridine rings is 2. The molecule has 0 saturated heterocycles. The third-order valence-corrected chi connectivity index (χ3v) is 5.34. The van der Waals surface area contributed by atoms with E-state index in [-0.39, 0.29) is 24.7 Å². The summed E-state index contributed by atoms with van der Waals surface area (Å²) in [5, 5.41) is 14.4. The second-order valence-electron chi connectivity index (χ2n) is 7.73. The number of aromatic nitrogens is 4. The Bertz CT molecular complexity index is 1390. The number of hydrogen-bond donors (Lipinski definition) is 3. The molecule has 11 nitrogen and oxygen atoms in total. The molecule has 3 heterocycles. The second kappa shape index (κ2) is 10.4. The molecule has 1 atom stereocenters. The molecule has 4 aromatic rings. The highest BCUT2D eigenvalue weighted by Crippen LogP contribution is 2.33. The maximum Gasteiger partial charge on any atom is 0.262 e. The van der Waals surface area contributed by atoms with Gasteiger partial charge in [-0.2, -0.15) is 0 Å². The second-order valence-corrected chi connectivity index (χ2v) is 7.73. The Hall–Kier alpha value is -4.22. The van der Waals surface area contributed by atoms with E-state index in [4.69, 9.17) is 24.9 Å². The van der Waals surface area contributed by atoms with Crippen molar-refractivity contribution in [1.29, 1.82) is 0 Å². The van der Waals surface area contributed by atoms with E-state index in [0.717, 1.165) is 0 Å². The summed E-state index contributed by atoms with van der Waals surface area (Å²) in [7, 11) is 4.59. The van der Waals surface area contributed by atoms with Gasteiger partial charge in [-0.1, -0.05) is 0 Å². The van der Waals surface area contributed by atoms with Crippen LogP contribution < -0.4 is 26.1 Å². The van der Waals surface area contributed by atoms with E-state index in [1.807, 2.05) is 0 Å². The van der Waals surface area contributed by atoms with Gasteiger partial charge in [-0.15, -0.1) is 0 Å². The van der Waals surface area contributed by atoms with E-state index in [2.05, 4.69) is 15.3 Å². The van der Waals surface area contributed by atoms with Gasteiger partial charge in [0.2, 0.25) is 5.95 Å². The Morgan fingerprint density at radius 2 is 1.83 bits per heavy atom. The first kappa shape index (κ1) is 23.9. The molecule has 182 valence electrons. The van der Waals surface area contributed by atoms with Gasteiger partial charge in [0.05, 0.1) is 44.6 Å². The summed E-state index contributed by atoms with van der Waals surface area (Å²) in [6.07, 6.45) is 3.93. The van der Waals surface area contributed by atoms with Gasteiger partial charge in [-0.05, 0) is 29.7 Å². The van der Waals surface area contributed by atoms with Crippen LogP contribution in [0.5, 0.6) is 11.5 Å². The standard InChI is InChI=1S/C24H26N6O5/c1-33-13-17(31)12-30-7-6-14-8-18(15-10-26-24(25)27-11-15)29-22(21(14)23(30)32)28-16-4-5-19(34-2)20(9-16)35-3/h4-11,17,31H,12-13H2,1-3H3,(H,28,29)(H2,25,26,27). The van der Waals surface area contributed by atoms with E-state index in [0.29, 0.717) is 45.0 Å². The van der Waals surface area contributed by atoms with Crippen LogP contribution in [0.1, 0.15) is 0 Å². The molecule has 0 fully saturated rings. The van der Waals surface area contributed by atoms with Crippen LogP contribution in [0.25, 0.3) is 22.0 Å². The molecule has 0 aliphatic rings. The molecule has 1 unspecified atom stereocenters.